The summed E-state index contributed by atoms with van der Waals surface area (Å²) in [6.45, 7) is 5.51. The van der Waals surface area contributed by atoms with Crippen LogP contribution in [-0.4, -0.2) is 10.1 Å². The molecule has 0 unspecified atom stereocenters. The number of hydrogen-bond donors (Lipinski definition) is 1. The summed E-state index contributed by atoms with van der Waals surface area (Å²) in [5.41, 5.74) is 2.18. The topological polar surface area (TPSA) is 33.1 Å². The molecule has 0 spiro atoms. The molecule has 1 N–H and O–H groups in total. The molecule has 0 fully saturated rings. The Kier molecular flexibility index (Phi) is 3.53. The monoisotopic (exact) mass is 298 g/mol. The SMILES string of the molecule is [CH2]c1nc(C)c2cc(Cc3cc(F)ccc3F)ccc2c1O. The number of aryl methyl sites for hydroxylation is 1. The van der Waals surface area contributed by atoms with Crippen molar-refractivity contribution in [2.75, 3.05) is 0 Å². The summed E-state index contributed by atoms with van der Waals surface area (Å²) in [7, 11) is 0. The van der Waals surface area contributed by atoms with Gasteiger partial charge in [-0.1, -0.05) is 12.1 Å². The molecule has 1 aromatic heterocycles. The van der Waals surface area contributed by atoms with Crippen LogP contribution in [0.1, 0.15) is 22.5 Å². The van der Waals surface area contributed by atoms with E-state index in [1.807, 2.05) is 13.0 Å². The first-order chi connectivity index (χ1) is 10.5. The lowest BCUT2D eigenvalue weighted by molar-refractivity contribution is 0.476. The number of rotatable bonds is 2. The van der Waals surface area contributed by atoms with Gasteiger partial charge in [0.1, 0.15) is 17.4 Å². The fraction of sp³-hybridized carbons (Fsp3) is 0.111. The molecule has 111 valence electrons. The van der Waals surface area contributed by atoms with Gasteiger partial charge in [-0.25, -0.2) is 8.78 Å². The average Bonchev–Trinajstić information content (AvgIpc) is 2.49. The highest BCUT2D eigenvalue weighted by Crippen LogP contribution is 2.30. The highest BCUT2D eigenvalue weighted by Gasteiger charge is 2.10. The summed E-state index contributed by atoms with van der Waals surface area (Å²) in [6, 6.07) is 8.79. The molecule has 0 aliphatic rings. The summed E-state index contributed by atoms with van der Waals surface area (Å²) in [5, 5.41) is 11.4. The van der Waals surface area contributed by atoms with Gasteiger partial charge in [-0.15, -0.1) is 0 Å². The van der Waals surface area contributed by atoms with Crippen molar-refractivity contribution < 1.29 is 13.9 Å². The smallest absolute Gasteiger partial charge is 0.144 e. The van der Waals surface area contributed by atoms with E-state index in [9.17, 15) is 13.9 Å². The average molecular weight is 298 g/mol. The van der Waals surface area contributed by atoms with Gasteiger partial charge >= 0.3 is 0 Å². The van der Waals surface area contributed by atoms with Crippen LogP contribution >= 0.6 is 0 Å². The lowest BCUT2D eigenvalue weighted by atomic mass is 9.99. The van der Waals surface area contributed by atoms with Crippen LogP contribution in [0.3, 0.4) is 0 Å². The largest absolute Gasteiger partial charge is 0.505 e. The molecule has 0 aliphatic heterocycles. The number of halogens is 2. The zero-order valence-electron chi connectivity index (χ0n) is 12.0. The third-order valence-electron chi connectivity index (χ3n) is 3.71. The number of benzene rings is 2. The second-order valence-electron chi connectivity index (χ2n) is 5.28. The van der Waals surface area contributed by atoms with E-state index in [1.165, 1.54) is 6.07 Å². The van der Waals surface area contributed by atoms with E-state index >= 15 is 0 Å². The first-order valence-electron chi connectivity index (χ1n) is 6.84. The normalized spacial score (nSPS) is 11.1. The van der Waals surface area contributed by atoms with Gasteiger partial charge in [0, 0.05) is 22.9 Å². The minimum Gasteiger partial charge on any atom is -0.505 e. The Hall–Kier alpha value is -2.49. The van der Waals surface area contributed by atoms with Crippen LogP contribution in [0.5, 0.6) is 5.75 Å². The summed E-state index contributed by atoms with van der Waals surface area (Å²) in [5.74, 6) is -0.856. The zero-order chi connectivity index (χ0) is 15.9. The number of hydrogen-bond acceptors (Lipinski definition) is 2. The van der Waals surface area contributed by atoms with Crippen LogP contribution in [0.15, 0.2) is 36.4 Å². The summed E-state index contributed by atoms with van der Waals surface area (Å²) >= 11 is 0. The van der Waals surface area contributed by atoms with E-state index in [-0.39, 0.29) is 12.2 Å². The molecular formula is C18H14F2NO. The Bertz CT molecular complexity index is 875. The summed E-state index contributed by atoms with van der Waals surface area (Å²) < 4.78 is 27.0. The predicted molar refractivity (Wildman–Crippen MR) is 81.8 cm³/mol. The van der Waals surface area contributed by atoms with Crippen LogP contribution in [0.4, 0.5) is 8.78 Å². The fourth-order valence-corrected chi connectivity index (χ4v) is 2.58. The van der Waals surface area contributed by atoms with E-state index in [4.69, 9.17) is 0 Å². The highest BCUT2D eigenvalue weighted by atomic mass is 19.1. The Morgan fingerprint density at radius 3 is 2.64 bits per heavy atom. The van der Waals surface area contributed by atoms with Gasteiger partial charge in [-0.3, -0.25) is 4.98 Å². The molecule has 2 aromatic carbocycles. The maximum absolute atomic E-state index is 13.7. The minimum absolute atomic E-state index is 0.0455. The lowest BCUT2D eigenvalue weighted by Crippen LogP contribution is -1.96. The van der Waals surface area contributed by atoms with Crippen LogP contribution in [0.2, 0.25) is 0 Å². The standard InChI is InChI=1S/C18H14F2NO/c1-10-16-8-12(3-5-15(16)18(22)11(2)21-10)7-13-9-14(19)4-6-17(13)20/h3-6,8-9,22H,2,7H2,1H3. The molecule has 0 aliphatic carbocycles. The molecule has 0 atom stereocenters. The summed E-state index contributed by atoms with van der Waals surface area (Å²) in [4.78, 5) is 4.19. The van der Waals surface area contributed by atoms with Crippen molar-refractivity contribution in [3.8, 4) is 5.75 Å². The van der Waals surface area contributed by atoms with Gasteiger partial charge in [0.15, 0.2) is 0 Å². The van der Waals surface area contributed by atoms with Gasteiger partial charge in [0.2, 0.25) is 0 Å². The molecule has 0 saturated carbocycles. The second kappa shape index (κ2) is 5.37. The Labute approximate surface area is 127 Å². The first-order valence-corrected chi connectivity index (χ1v) is 6.84. The van der Waals surface area contributed by atoms with Crippen LogP contribution in [0.25, 0.3) is 10.8 Å². The third-order valence-corrected chi connectivity index (χ3v) is 3.71. The molecule has 22 heavy (non-hydrogen) atoms. The molecule has 1 radical (unpaired) electrons. The zero-order valence-corrected chi connectivity index (χ0v) is 12.0. The van der Waals surface area contributed by atoms with Gasteiger partial charge < -0.3 is 5.11 Å². The first kappa shape index (κ1) is 14.4. The minimum atomic E-state index is -0.464. The summed E-state index contributed by atoms with van der Waals surface area (Å²) in [6.07, 6.45) is 0.270. The maximum Gasteiger partial charge on any atom is 0.144 e. The van der Waals surface area contributed by atoms with Crippen molar-refractivity contribution in [3.05, 3.63) is 77.5 Å². The maximum atomic E-state index is 13.7. The Morgan fingerprint density at radius 2 is 1.86 bits per heavy atom. The molecule has 1 heterocycles. The molecule has 0 bridgehead atoms. The number of pyridine rings is 1. The van der Waals surface area contributed by atoms with Crippen molar-refractivity contribution >= 4 is 10.8 Å². The Morgan fingerprint density at radius 1 is 1.09 bits per heavy atom. The molecular weight excluding hydrogens is 284 g/mol. The van der Waals surface area contributed by atoms with E-state index in [0.29, 0.717) is 16.6 Å². The highest BCUT2D eigenvalue weighted by molar-refractivity contribution is 5.91. The predicted octanol–water partition coefficient (Wildman–Crippen LogP) is 4.30. The fourth-order valence-electron chi connectivity index (χ4n) is 2.58. The third kappa shape index (κ3) is 2.52. The number of aromatic hydroxyl groups is 1. The molecule has 3 aromatic rings. The van der Waals surface area contributed by atoms with Gasteiger partial charge in [-0.2, -0.15) is 0 Å². The van der Waals surface area contributed by atoms with E-state index < -0.39 is 11.6 Å². The molecule has 2 nitrogen and oxygen atoms in total. The van der Waals surface area contributed by atoms with E-state index in [0.717, 1.165) is 28.8 Å². The molecule has 0 amide bonds. The van der Waals surface area contributed by atoms with Crippen LogP contribution in [0, 0.1) is 25.5 Å². The van der Waals surface area contributed by atoms with E-state index in [2.05, 4.69) is 11.9 Å². The van der Waals surface area contributed by atoms with Crippen LogP contribution < -0.4 is 0 Å². The van der Waals surface area contributed by atoms with E-state index in [1.54, 1.807) is 12.1 Å². The van der Waals surface area contributed by atoms with Gasteiger partial charge in [-0.05, 0) is 49.2 Å². The Balaban J connectivity index is 2.08. The van der Waals surface area contributed by atoms with Gasteiger partial charge in [0.05, 0.1) is 5.69 Å². The van der Waals surface area contributed by atoms with Crippen molar-refractivity contribution in [2.24, 2.45) is 0 Å². The number of fused-ring (bicyclic) bond motifs is 1. The van der Waals surface area contributed by atoms with Crippen molar-refractivity contribution in [3.63, 3.8) is 0 Å². The second-order valence-corrected chi connectivity index (χ2v) is 5.28. The van der Waals surface area contributed by atoms with Crippen molar-refractivity contribution in [2.45, 2.75) is 13.3 Å². The number of aromatic nitrogens is 1. The quantitative estimate of drug-likeness (QED) is 0.765. The molecule has 4 heteroatoms. The van der Waals surface area contributed by atoms with Crippen LogP contribution in [-0.2, 0) is 6.42 Å². The van der Waals surface area contributed by atoms with Gasteiger partial charge in [0.25, 0.3) is 0 Å². The molecule has 0 saturated heterocycles. The van der Waals surface area contributed by atoms with Crippen molar-refractivity contribution in [1.82, 2.24) is 4.98 Å². The lowest BCUT2D eigenvalue weighted by Gasteiger charge is -2.10. The number of nitrogens with zero attached hydrogens (tertiary/aromatic N) is 1. The van der Waals surface area contributed by atoms with Crippen molar-refractivity contribution in [1.29, 1.82) is 0 Å². The molecule has 3 rings (SSSR count).